The van der Waals surface area contributed by atoms with Crippen LogP contribution in [-0.4, -0.2) is 31.9 Å². The molecule has 0 heterocycles. The third-order valence-corrected chi connectivity index (χ3v) is 3.09. The summed E-state index contributed by atoms with van der Waals surface area (Å²) in [6, 6.07) is 2.27. The van der Waals surface area contributed by atoms with E-state index in [9.17, 15) is 14.0 Å². The normalized spacial score (nSPS) is 9.94. The first kappa shape index (κ1) is 14.3. The van der Waals surface area contributed by atoms with E-state index >= 15 is 0 Å². The fourth-order valence-electron chi connectivity index (χ4n) is 1.16. The maximum atomic E-state index is 13.5. The number of nitrogens with two attached hydrogens (primary N) is 1. The number of thioether (sulfide) groups is 1. The molecule has 2 N–H and O–H groups in total. The van der Waals surface area contributed by atoms with Crippen molar-refractivity contribution >= 4 is 29.4 Å². The number of ether oxygens (including phenoxy) is 2. The van der Waals surface area contributed by atoms with E-state index in [4.69, 9.17) is 5.73 Å². The molecule has 0 aliphatic carbocycles. The van der Waals surface area contributed by atoms with Crippen LogP contribution in [-0.2, 0) is 14.3 Å². The molecule has 0 bridgehead atoms. The largest absolute Gasteiger partial charge is 0.468 e. The Balaban J connectivity index is 2.98. The summed E-state index contributed by atoms with van der Waals surface area (Å²) in [5.74, 6) is -1.81. The van der Waals surface area contributed by atoms with Crippen LogP contribution in [0.3, 0.4) is 0 Å². The first-order valence-electron chi connectivity index (χ1n) is 4.86. The minimum Gasteiger partial charge on any atom is -0.468 e. The second-order valence-electron chi connectivity index (χ2n) is 3.23. The van der Waals surface area contributed by atoms with E-state index in [1.165, 1.54) is 20.3 Å². The summed E-state index contributed by atoms with van der Waals surface area (Å²) >= 11 is 0.918. The summed E-state index contributed by atoms with van der Waals surface area (Å²) in [5, 5.41) is 0. The molecule has 0 atom stereocenters. The van der Waals surface area contributed by atoms with E-state index in [2.05, 4.69) is 9.47 Å². The zero-order valence-electron chi connectivity index (χ0n) is 9.86. The molecular weight excluding hydrogens is 261 g/mol. The summed E-state index contributed by atoms with van der Waals surface area (Å²) in [7, 11) is 2.44. The van der Waals surface area contributed by atoms with Crippen LogP contribution in [0.25, 0.3) is 0 Å². The molecule has 0 unspecified atom stereocenters. The summed E-state index contributed by atoms with van der Waals surface area (Å²) in [4.78, 5) is 22.5. The van der Waals surface area contributed by atoms with Gasteiger partial charge in [0.15, 0.2) is 0 Å². The number of anilines is 1. The second kappa shape index (κ2) is 6.25. The van der Waals surface area contributed by atoms with Gasteiger partial charge in [0, 0.05) is 10.6 Å². The van der Waals surface area contributed by atoms with Crippen LogP contribution in [0.15, 0.2) is 17.0 Å². The Hall–Kier alpha value is -1.76. The Kier molecular flexibility index (Phi) is 4.96. The van der Waals surface area contributed by atoms with Crippen LogP contribution in [0.5, 0.6) is 0 Å². The van der Waals surface area contributed by atoms with Crippen molar-refractivity contribution in [2.45, 2.75) is 4.90 Å². The number of hydrogen-bond donors (Lipinski definition) is 1. The van der Waals surface area contributed by atoms with Gasteiger partial charge in [-0.3, -0.25) is 4.79 Å². The molecule has 0 aliphatic heterocycles. The lowest BCUT2D eigenvalue weighted by molar-refractivity contribution is -0.137. The average Bonchev–Trinajstić information content (AvgIpc) is 2.36. The molecule has 1 aromatic rings. The van der Waals surface area contributed by atoms with E-state index in [1.54, 1.807) is 0 Å². The highest BCUT2D eigenvalue weighted by Crippen LogP contribution is 2.27. The Morgan fingerprint density at radius 1 is 1.33 bits per heavy atom. The maximum Gasteiger partial charge on any atom is 0.339 e. The third-order valence-electron chi connectivity index (χ3n) is 2.08. The summed E-state index contributed by atoms with van der Waals surface area (Å²) in [5.41, 5.74) is 5.56. The molecule has 0 aliphatic rings. The van der Waals surface area contributed by atoms with E-state index in [1.807, 2.05) is 0 Å². The first-order valence-corrected chi connectivity index (χ1v) is 5.85. The van der Waals surface area contributed by atoms with Crippen molar-refractivity contribution < 1.29 is 23.5 Å². The minimum atomic E-state index is -0.660. The standard InChI is InChI=1S/C11H12FNO4S/c1-16-10(14)5-18-9-3-6(11(15)17-2)8(13)4-7(9)12/h3-4H,5,13H2,1-2H3. The zero-order chi connectivity index (χ0) is 13.7. The van der Waals surface area contributed by atoms with Crippen molar-refractivity contribution in [1.29, 1.82) is 0 Å². The van der Waals surface area contributed by atoms with Crippen molar-refractivity contribution in [1.82, 2.24) is 0 Å². The number of carbonyl (C=O) groups excluding carboxylic acids is 2. The summed E-state index contributed by atoms with van der Waals surface area (Å²) in [6.45, 7) is 0. The molecule has 5 nitrogen and oxygen atoms in total. The van der Waals surface area contributed by atoms with Gasteiger partial charge >= 0.3 is 11.9 Å². The van der Waals surface area contributed by atoms with Gasteiger partial charge in [0.05, 0.1) is 25.5 Å². The third kappa shape index (κ3) is 3.36. The smallest absolute Gasteiger partial charge is 0.339 e. The van der Waals surface area contributed by atoms with E-state index in [0.717, 1.165) is 17.8 Å². The van der Waals surface area contributed by atoms with Gasteiger partial charge in [0.1, 0.15) is 5.82 Å². The average molecular weight is 273 g/mol. The number of carbonyl (C=O) groups is 2. The van der Waals surface area contributed by atoms with E-state index in [0.29, 0.717) is 0 Å². The lowest BCUT2D eigenvalue weighted by atomic mass is 10.2. The van der Waals surface area contributed by atoms with Gasteiger partial charge in [-0.15, -0.1) is 11.8 Å². The number of rotatable bonds is 4. The van der Waals surface area contributed by atoms with Crippen LogP contribution in [0, 0.1) is 5.82 Å². The van der Waals surface area contributed by atoms with Crippen molar-refractivity contribution in [3.8, 4) is 0 Å². The lowest BCUT2D eigenvalue weighted by Crippen LogP contribution is -2.08. The predicted octanol–water partition coefficient (Wildman–Crippen LogP) is 1.46. The Morgan fingerprint density at radius 2 is 2.00 bits per heavy atom. The topological polar surface area (TPSA) is 78.6 Å². The van der Waals surface area contributed by atoms with Crippen molar-refractivity contribution in [3.63, 3.8) is 0 Å². The number of nitrogen functional groups attached to an aromatic ring is 1. The lowest BCUT2D eigenvalue weighted by Gasteiger charge is -2.08. The monoisotopic (exact) mass is 273 g/mol. The first-order chi connectivity index (χ1) is 8.49. The van der Waals surface area contributed by atoms with Gasteiger partial charge in [-0.2, -0.15) is 0 Å². The molecule has 0 saturated carbocycles. The highest BCUT2D eigenvalue weighted by Gasteiger charge is 2.15. The van der Waals surface area contributed by atoms with Crippen molar-refractivity contribution in [2.75, 3.05) is 25.7 Å². The molecule has 1 rings (SSSR count). The Bertz CT molecular complexity index is 478. The quantitative estimate of drug-likeness (QED) is 0.508. The van der Waals surface area contributed by atoms with Gasteiger partial charge in [-0.05, 0) is 12.1 Å². The molecule has 0 radical (unpaired) electrons. The molecule has 0 spiro atoms. The van der Waals surface area contributed by atoms with Gasteiger partial charge in [-0.25, -0.2) is 9.18 Å². The predicted molar refractivity (Wildman–Crippen MR) is 64.9 cm³/mol. The molecule has 7 heteroatoms. The van der Waals surface area contributed by atoms with Crippen LogP contribution in [0.1, 0.15) is 10.4 Å². The highest BCUT2D eigenvalue weighted by atomic mass is 32.2. The second-order valence-corrected chi connectivity index (χ2v) is 4.24. The summed E-state index contributed by atoms with van der Waals surface area (Å²) in [6.07, 6.45) is 0. The van der Waals surface area contributed by atoms with Gasteiger partial charge in [-0.1, -0.05) is 0 Å². The number of halogens is 1. The Morgan fingerprint density at radius 3 is 2.56 bits per heavy atom. The maximum absolute atomic E-state index is 13.5. The number of esters is 2. The molecular formula is C11H12FNO4S. The number of benzene rings is 1. The van der Waals surface area contributed by atoms with Crippen molar-refractivity contribution in [2.24, 2.45) is 0 Å². The van der Waals surface area contributed by atoms with Gasteiger partial charge in [0.25, 0.3) is 0 Å². The zero-order valence-corrected chi connectivity index (χ0v) is 10.7. The fourth-order valence-corrected chi connectivity index (χ4v) is 1.95. The van der Waals surface area contributed by atoms with Crippen LogP contribution < -0.4 is 5.73 Å². The SMILES string of the molecule is COC(=O)CSc1cc(C(=O)OC)c(N)cc1F. The molecule has 0 amide bonds. The fraction of sp³-hybridized carbons (Fsp3) is 0.273. The van der Waals surface area contributed by atoms with E-state index in [-0.39, 0.29) is 21.9 Å². The molecule has 98 valence electrons. The number of hydrogen-bond acceptors (Lipinski definition) is 6. The molecule has 0 fully saturated rings. The molecule has 0 aromatic heterocycles. The number of methoxy groups -OCH3 is 2. The van der Waals surface area contributed by atoms with Gasteiger partial charge in [0.2, 0.25) is 0 Å². The molecule has 18 heavy (non-hydrogen) atoms. The van der Waals surface area contributed by atoms with Crippen LogP contribution in [0.4, 0.5) is 10.1 Å². The highest BCUT2D eigenvalue weighted by molar-refractivity contribution is 8.00. The molecule has 1 aromatic carbocycles. The van der Waals surface area contributed by atoms with Crippen LogP contribution >= 0.6 is 11.8 Å². The van der Waals surface area contributed by atoms with Crippen LogP contribution in [0.2, 0.25) is 0 Å². The Labute approximate surface area is 107 Å². The molecule has 0 saturated heterocycles. The van der Waals surface area contributed by atoms with Gasteiger partial charge < -0.3 is 15.2 Å². The van der Waals surface area contributed by atoms with E-state index < -0.39 is 17.8 Å². The van der Waals surface area contributed by atoms with Crippen molar-refractivity contribution in [3.05, 3.63) is 23.5 Å². The summed E-state index contributed by atoms with van der Waals surface area (Å²) < 4.78 is 22.5. The minimum absolute atomic E-state index is 0.0123.